The van der Waals surface area contributed by atoms with E-state index in [9.17, 15) is 4.79 Å². The van der Waals surface area contributed by atoms with Crippen LogP contribution in [0.2, 0.25) is 0 Å². The number of carbonyl (C=O) groups is 1. The van der Waals surface area contributed by atoms with Crippen molar-refractivity contribution in [2.75, 3.05) is 38.2 Å². The molecule has 1 amide bonds. The Balaban J connectivity index is 1.70. The second-order valence-electron chi connectivity index (χ2n) is 7.40. The monoisotopic (exact) mass is 370 g/mol. The summed E-state index contributed by atoms with van der Waals surface area (Å²) < 4.78 is 10.9. The molecule has 1 aromatic heterocycles. The van der Waals surface area contributed by atoms with Crippen molar-refractivity contribution in [3.05, 3.63) is 36.5 Å². The lowest BCUT2D eigenvalue weighted by Gasteiger charge is -2.35. The molecule has 7 heteroatoms. The van der Waals surface area contributed by atoms with Gasteiger partial charge in [-0.05, 0) is 39.0 Å². The maximum atomic E-state index is 12.2. The molecule has 1 aliphatic rings. The van der Waals surface area contributed by atoms with Crippen LogP contribution in [0, 0.1) is 0 Å². The first-order chi connectivity index (χ1) is 12.9. The third kappa shape index (κ3) is 4.67. The minimum absolute atomic E-state index is 0.272. The van der Waals surface area contributed by atoms with E-state index in [-0.39, 0.29) is 6.09 Å². The van der Waals surface area contributed by atoms with Crippen LogP contribution in [-0.4, -0.2) is 59.9 Å². The Morgan fingerprint density at radius 2 is 1.78 bits per heavy atom. The highest BCUT2D eigenvalue weighted by Gasteiger charge is 2.26. The Bertz CT molecular complexity index is 796. The maximum absolute atomic E-state index is 12.2. The molecule has 1 aromatic carbocycles. The fourth-order valence-electron chi connectivity index (χ4n) is 2.92. The standard InChI is InChI=1S/C20H26N4O3/c1-20(2,3)27-19(25)24-13-11-23(12-14-24)18-21-10-9-16(22-18)15-7-5-6-8-17(15)26-4/h5-10H,11-14H2,1-4H3. The number of anilines is 1. The number of benzene rings is 1. The normalized spacial score (nSPS) is 14.8. The van der Waals surface area contributed by atoms with E-state index in [1.54, 1.807) is 18.2 Å². The van der Waals surface area contributed by atoms with Crippen molar-refractivity contribution in [1.29, 1.82) is 0 Å². The molecule has 0 aliphatic carbocycles. The summed E-state index contributed by atoms with van der Waals surface area (Å²) in [6.45, 7) is 8.10. The van der Waals surface area contributed by atoms with Crippen LogP contribution in [0.3, 0.4) is 0 Å². The van der Waals surface area contributed by atoms with Gasteiger partial charge in [-0.25, -0.2) is 14.8 Å². The predicted octanol–water partition coefficient (Wildman–Crippen LogP) is 3.21. The molecule has 2 aromatic rings. The van der Waals surface area contributed by atoms with E-state index in [2.05, 4.69) is 9.88 Å². The van der Waals surface area contributed by atoms with E-state index < -0.39 is 5.60 Å². The van der Waals surface area contributed by atoms with E-state index in [1.165, 1.54) is 0 Å². The van der Waals surface area contributed by atoms with Crippen LogP contribution in [0.4, 0.5) is 10.7 Å². The first-order valence-corrected chi connectivity index (χ1v) is 9.07. The van der Waals surface area contributed by atoms with E-state index in [1.807, 2.05) is 51.1 Å². The Morgan fingerprint density at radius 1 is 1.07 bits per heavy atom. The van der Waals surface area contributed by atoms with Gasteiger partial charge in [0.1, 0.15) is 11.4 Å². The number of amides is 1. The van der Waals surface area contributed by atoms with Crippen molar-refractivity contribution < 1.29 is 14.3 Å². The maximum Gasteiger partial charge on any atom is 0.410 e. The van der Waals surface area contributed by atoms with Gasteiger partial charge < -0.3 is 19.3 Å². The topological polar surface area (TPSA) is 67.8 Å². The average Bonchev–Trinajstić information content (AvgIpc) is 2.67. The summed E-state index contributed by atoms with van der Waals surface area (Å²) in [7, 11) is 1.65. The van der Waals surface area contributed by atoms with Crippen molar-refractivity contribution in [3.63, 3.8) is 0 Å². The lowest BCUT2D eigenvalue weighted by molar-refractivity contribution is 0.0240. The van der Waals surface area contributed by atoms with E-state index in [4.69, 9.17) is 14.5 Å². The highest BCUT2D eigenvalue weighted by Crippen LogP contribution is 2.28. The highest BCUT2D eigenvalue weighted by atomic mass is 16.6. The van der Waals surface area contributed by atoms with Crippen LogP contribution in [-0.2, 0) is 4.74 Å². The van der Waals surface area contributed by atoms with Crippen LogP contribution in [0.15, 0.2) is 36.5 Å². The third-order valence-electron chi connectivity index (χ3n) is 4.24. The number of piperazine rings is 1. The molecule has 7 nitrogen and oxygen atoms in total. The highest BCUT2D eigenvalue weighted by molar-refractivity contribution is 5.69. The van der Waals surface area contributed by atoms with E-state index in [0.29, 0.717) is 32.1 Å². The van der Waals surface area contributed by atoms with Gasteiger partial charge in [0.15, 0.2) is 0 Å². The molecule has 0 N–H and O–H groups in total. The molecular formula is C20H26N4O3. The molecule has 1 saturated heterocycles. The second-order valence-corrected chi connectivity index (χ2v) is 7.40. The minimum atomic E-state index is -0.486. The summed E-state index contributed by atoms with van der Waals surface area (Å²) in [4.78, 5) is 25.1. The van der Waals surface area contributed by atoms with Gasteiger partial charge in [-0.3, -0.25) is 0 Å². The molecule has 144 valence electrons. The van der Waals surface area contributed by atoms with Crippen LogP contribution < -0.4 is 9.64 Å². The fraction of sp³-hybridized carbons (Fsp3) is 0.450. The van der Waals surface area contributed by atoms with Crippen LogP contribution >= 0.6 is 0 Å². The van der Waals surface area contributed by atoms with Gasteiger partial charge in [-0.1, -0.05) is 12.1 Å². The first kappa shape index (κ1) is 18.9. The van der Waals surface area contributed by atoms with Crippen molar-refractivity contribution in [2.45, 2.75) is 26.4 Å². The number of hydrogen-bond donors (Lipinski definition) is 0. The molecule has 1 fully saturated rings. The molecule has 0 saturated carbocycles. The van der Waals surface area contributed by atoms with Gasteiger partial charge in [-0.2, -0.15) is 0 Å². The number of nitrogens with zero attached hydrogens (tertiary/aromatic N) is 4. The SMILES string of the molecule is COc1ccccc1-c1ccnc(N2CCN(C(=O)OC(C)(C)C)CC2)n1. The number of hydrogen-bond acceptors (Lipinski definition) is 6. The summed E-state index contributed by atoms with van der Waals surface area (Å²) in [6.07, 6.45) is 1.48. The molecule has 2 heterocycles. The van der Waals surface area contributed by atoms with Gasteiger partial charge in [0.05, 0.1) is 12.8 Å². The summed E-state index contributed by atoms with van der Waals surface area (Å²) in [5, 5.41) is 0. The quantitative estimate of drug-likeness (QED) is 0.826. The van der Waals surface area contributed by atoms with Crippen molar-refractivity contribution in [1.82, 2.24) is 14.9 Å². The van der Waals surface area contributed by atoms with Crippen LogP contribution in [0.25, 0.3) is 11.3 Å². The third-order valence-corrected chi connectivity index (χ3v) is 4.24. The molecular weight excluding hydrogens is 344 g/mol. The number of para-hydroxylation sites is 1. The Kier molecular flexibility index (Phi) is 5.48. The number of rotatable bonds is 3. The zero-order chi connectivity index (χ0) is 19.4. The number of ether oxygens (including phenoxy) is 2. The summed E-state index contributed by atoms with van der Waals surface area (Å²) >= 11 is 0. The molecule has 3 rings (SSSR count). The van der Waals surface area contributed by atoms with Crippen molar-refractivity contribution in [2.24, 2.45) is 0 Å². The lowest BCUT2D eigenvalue weighted by Crippen LogP contribution is -2.50. The number of methoxy groups -OCH3 is 1. The summed E-state index contributed by atoms with van der Waals surface area (Å²) in [5.74, 6) is 1.43. The molecule has 0 atom stereocenters. The van der Waals surface area contributed by atoms with E-state index in [0.717, 1.165) is 17.0 Å². The fourth-order valence-corrected chi connectivity index (χ4v) is 2.92. The van der Waals surface area contributed by atoms with Gasteiger partial charge in [0, 0.05) is 37.9 Å². The second kappa shape index (κ2) is 7.82. The van der Waals surface area contributed by atoms with Crippen molar-refractivity contribution in [3.8, 4) is 17.0 Å². The van der Waals surface area contributed by atoms with Crippen LogP contribution in [0.1, 0.15) is 20.8 Å². The average molecular weight is 370 g/mol. The molecule has 0 unspecified atom stereocenters. The predicted molar refractivity (Wildman–Crippen MR) is 104 cm³/mol. The first-order valence-electron chi connectivity index (χ1n) is 9.07. The zero-order valence-corrected chi connectivity index (χ0v) is 16.3. The molecule has 27 heavy (non-hydrogen) atoms. The Morgan fingerprint density at radius 3 is 2.44 bits per heavy atom. The van der Waals surface area contributed by atoms with Crippen molar-refractivity contribution >= 4 is 12.0 Å². The van der Waals surface area contributed by atoms with Gasteiger partial charge in [0.2, 0.25) is 5.95 Å². The molecule has 1 aliphatic heterocycles. The number of carbonyl (C=O) groups excluding carboxylic acids is 1. The van der Waals surface area contributed by atoms with Gasteiger partial charge >= 0.3 is 6.09 Å². The molecule has 0 radical (unpaired) electrons. The van der Waals surface area contributed by atoms with Gasteiger partial charge in [0.25, 0.3) is 0 Å². The lowest BCUT2D eigenvalue weighted by atomic mass is 10.1. The smallest absolute Gasteiger partial charge is 0.410 e. The Labute approximate surface area is 159 Å². The minimum Gasteiger partial charge on any atom is -0.496 e. The molecule has 0 spiro atoms. The van der Waals surface area contributed by atoms with Gasteiger partial charge in [-0.15, -0.1) is 0 Å². The number of aromatic nitrogens is 2. The zero-order valence-electron chi connectivity index (χ0n) is 16.3. The molecule has 0 bridgehead atoms. The van der Waals surface area contributed by atoms with E-state index >= 15 is 0 Å². The summed E-state index contributed by atoms with van der Waals surface area (Å²) in [6, 6.07) is 9.65. The Hall–Kier alpha value is -2.83. The largest absolute Gasteiger partial charge is 0.496 e. The summed E-state index contributed by atoms with van der Waals surface area (Å²) in [5.41, 5.74) is 1.25. The van der Waals surface area contributed by atoms with Crippen LogP contribution in [0.5, 0.6) is 5.75 Å².